The van der Waals surface area contributed by atoms with Crippen LogP contribution in [0.2, 0.25) is 0 Å². The molecule has 5 nitrogen and oxygen atoms in total. The maximum absolute atomic E-state index is 11.8. The van der Waals surface area contributed by atoms with Gasteiger partial charge < -0.3 is 19.7 Å². The van der Waals surface area contributed by atoms with Crippen molar-refractivity contribution < 1.29 is 14.3 Å². The minimum Gasteiger partial charge on any atom is -0.490 e. The number of nitrogens with one attached hydrogen (secondary N) is 1. The highest BCUT2D eigenvalue weighted by Crippen LogP contribution is 2.46. The predicted octanol–water partition coefficient (Wildman–Crippen LogP) is 4.51. The maximum atomic E-state index is 11.8. The molecule has 0 radical (unpaired) electrons. The van der Waals surface area contributed by atoms with Crippen LogP contribution in [0.1, 0.15) is 75.7 Å². The zero-order valence-electron chi connectivity index (χ0n) is 19.5. The number of hydrogen-bond acceptors (Lipinski definition) is 4. The fourth-order valence-corrected chi connectivity index (χ4v) is 6.24. The van der Waals surface area contributed by atoms with Crippen LogP contribution < -0.4 is 10.1 Å². The van der Waals surface area contributed by atoms with Crippen LogP contribution in [0.3, 0.4) is 0 Å². The van der Waals surface area contributed by atoms with Crippen molar-refractivity contribution in [3.63, 3.8) is 0 Å². The van der Waals surface area contributed by atoms with Gasteiger partial charge >= 0.3 is 0 Å². The Morgan fingerprint density at radius 2 is 1.66 bits per heavy atom. The van der Waals surface area contributed by atoms with Gasteiger partial charge in [0.15, 0.2) is 0 Å². The molecule has 1 aromatic carbocycles. The number of rotatable bonds is 4. The molecule has 5 aliphatic rings. The topological polar surface area (TPSA) is 50.8 Å². The van der Waals surface area contributed by atoms with Crippen molar-refractivity contribution in [1.82, 2.24) is 10.2 Å². The van der Waals surface area contributed by atoms with E-state index in [4.69, 9.17) is 9.47 Å². The van der Waals surface area contributed by atoms with Crippen LogP contribution >= 0.6 is 0 Å². The highest BCUT2D eigenvalue weighted by Gasteiger charge is 2.48. The van der Waals surface area contributed by atoms with E-state index in [1.807, 2.05) is 4.90 Å². The van der Waals surface area contributed by atoms with E-state index in [9.17, 15) is 4.79 Å². The molecule has 1 spiro atoms. The van der Waals surface area contributed by atoms with Crippen LogP contribution in [0.5, 0.6) is 5.75 Å². The standard InChI is InChI=1S/C16H23NO.C11H17NO2/c1-2-6-14(5-1)18-16-8-4-3-7-15(16)13-9-11-17-12-10-13;13-10(9-5-14-6-9)12-7-11(8-12)3-1-2-4-11/h3-4,7-8,13-14,17H,1-2,5-6,9-12H2;9H,1-8H2. The number of nitrogens with zero attached hydrogens (tertiary/aromatic N) is 1. The summed E-state index contributed by atoms with van der Waals surface area (Å²) in [7, 11) is 0. The summed E-state index contributed by atoms with van der Waals surface area (Å²) in [5.74, 6) is 2.36. The van der Waals surface area contributed by atoms with Gasteiger partial charge in [0.1, 0.15) is 5.75 Å². The van der Waals surface area contributed by atoms with Crippen LogP contribution in [0.25, 0.3) is 0 Å². The normalized spacial score (nSPS) is 25.7. The lowest BCUT2D eigenvalue weighted by atomic mass is 9.77. The molecule has 3 aliphatic heterocycles. The third-order valence-corrected chi connectivity index (χ3v) is 8.31. The Morgan fingerprint density at radius 1 is 0.969 bits per heavy atom. The highest BCUT2D eigenvalue weighted by molar-refractivity contribution is 5.80. The SMILES string of the molecule is O=C(C1COC1)N1CC2(CCCC2)C1.c1ccc(C2CCNCC2)c(OC2CCCC2)c1. The summed E-state index contributed by atoms with van der Waals surface area (Å²) in [5, 5.41) is 3.44. The number of carbonyl (C=O) groups excluding carboxylic acids is 1. The summed E-state index contributed by atoms with van der Waals surface area (Å²) in [4.78, 5) is 13.8. The molecule has 176 valence electrons. The molecule has 0 aromatic heterocycles. The number of ether oxygens (including phenoxy) is 2. The third kappa shape index (κ3) is 4.99. The lowest BCUT2D eigenvalue weighted by Crippen LogP contribution is -2.60. The summed E-state index contributed by atoms with van der Waals surface area (Å²) < 4.78 is 11.3. The first-order valence-corrected chi connectivity index (χ1v) is 13.1. The smallest absolute Gasteiger partial charge is 0.230 e. The average Bonchev–Trinajstić information content (AvgIpc) is 3.45. The lowest BCUT2D eigenvalue weighted by Gasteiger charge is -2.50. The molecule has 3 saturated heterocycles. The van der Waals surface area contributed by atoms with E-state index >= 15 is 0 Å². The van der Waals surface area contributed by atoms with E-state index < -0.39 is 0 Å². The van der Waals surface area contributed by atoms with Crippen molar-refractivity contribution in [2.24, 2.45) is 11.3 Å². The van der Waals surface area contributed by atoms with Gasteiger partial charge in [0, 0.05) is 18.5 Å². The Morgan fingerprint density at radius 3 is 2.31 bits per heavy atom. The highest BCUT2D eigenvalue weighted by atomic mass is 16.5. The summed E-state index contributed by atoms with van der Waals surface area (Å²) in [6, 6.07) is 8.68. The number of amides is 1. The van der Waals surface area contributed by atoms with Gasteiger partial charge in [0.05, 0.1) is 25.2 Å². The van der Waals surface area contributed by atoms with E-state index in [2.05, 4.69) is 29.6 Å². The second-order valence-corrected chi connectivity index (χ2v) is 10.7. The molecule has 5 fully saturated rings. The molecule has 2 aliphatic carbocycles. The van der Waals surface area contributed by atoms with E-state index in [0.29, 0.717) is 36.6 Å². The number of benzene rings is 1. The Balaban J connectivity index is 0.000000139. The molecular formula is C27H40N2O3. The molecule has 3 heterocycles. The molecule has 1 aromatic rings. The van der Waals surface area contributed by atoms with Crippen LogP contribution in [0.4, 0.5) is 0 Å². The minimum absolute atomic E-state index is 0.189. The molecule has 2 saturated carbocycles. The zero-order valence-corrected chi connectivity index (χ0v) is 19.5. The second kappa shape index (κ2) is 10.1. The Bertz CT molecular complexity index is 752. The molecular weight excluding hydrogens is 400 g/mol. The van der Waals surface area contributed by atoms with Crippen molar-refractivity contribution in [2.75, 3.05) is 39.4 Å². The number of hydrogen-bond donors (Lipinski definition) is 1. The molecule has 5 heteroatoms. The van der Waals surface area contributed by atoms with Crippen LogP contribution in [0, 0.1) is 11.3 Å². The summed E-state index contributed by atoms with van der Waals surface area (Å²) >= 11 is 0. The van der Waals surface area contributed by atoms with Crippen molar-refractivity contribution in [3.05, 3.63) is 29.8 Å². The van der Waals surface area contributed by atoms with E-state index in [1.165, 1.54) is 69.8 Å². The van der Waals surface area contributed by atoms with Gasteiger partial charge in [0.25, 0.3) is 0 Å². The zero-order chi connectivity index (χ0) is 21.8. The van der Waals surface area contributed by atoms with Crippen molar-refractivity contribution in [3.8, 4) is 5.75 Å². The molecule has 0 unspecified atom stereocenters. The maximum Gasteiger partial charge on any atom is 0.230 e. The van der Waals surface area contributed by atoms with Gasteiger partial charge in [-0.25, -0.2) is 0 Å². The number of likely N-dealkylation sites (tertiary alicyclic amines) is 1. The van der Waals surface area contributed by atoms with Crippen LogP contribution in [-0.4, -0.2) is 56.3 Å². The third-order valence-electron chi connectivity index (χ3n) is 8.31. The van der Waals surface area contributed by atoms with Crippen molar-refractivity contribution >= 4 is 5.91 Å². The van der Waals surface area contributed by atoms with Crippen LogP contribution in [0.15, 0.2) is 24.3 Å². The van der Waals surface area contributed by atoms with Crippen LogP contribution in [-0.2, 0) is 9.53 Å². The first kappa shape index (κ1) is 22.2. The molecule has 0 atom stereocenters. The van der Waals surface area contributed by atoms with Crippen molar-refractivity contribution in [2.45, 2.75) is 76.2 Å². The lowest BCUT2D eigenvalue weighted by molar-refractivity contribution is -0.161. The van der Waals surface area contributed by atoms with Gasteiger partial charge in [-0.15, -0.1) is 0 Å². The Kier molecular flexibility index (Phi) is 7.03. The quantitative estimate of drug-likeness (QED) is 0.748. The molecule has 1 N–H and O–H groups in total. The van der Waals surface area contributed by atoms with Gasteiger partial charge in [-0.2, -0.15) is 0 Å². The minimum atomic E-state index is 0.189. The number of piperidine rings is 1. The summed E-state index contributed by atoms with van der Waals surface area (Å²) in [6.07, 6.45) is 13.5. The number of para-hydroxylation sites is 1. The number of carbonyl (C=O) groups is 1. The van der Waals surface area contributed by atoms with E-state index in [1.54, 1.807) is 0 Å². The summed E-state index contributed by atoms with van der Waals surface area (Å²) in [6.45, 7) is 5.65. The van der Waals surface area contributed by atoms with E-state index in [0.717, 1.165) is 31.9 Å². The Labute approximate surface area is 193 Å². The first-order valence-electron chi connectivity index (χ1n) is 13.1. The monoisotopic (exact) mass is 440 g/mol. The second-order valence-electron chi connectivity index (χ2n) is 10.7. The van der Waals surface area contributed by atoms with Crippen molar-refractivity contribution in [1.29, 1.82) is 0 Å². The molecule has 32 heavy (non-hydrogen) atoms. The fraction of sp³-hybridized carbons (Fsp3) is 0.741. The van der Waals surface area contributed by atoms with Gasteiger partial charge in [-0.3, -0.25) is 4.79 Å². The molecule has 1 amide bonds. The van der Waals surface area contributed by atoms with E-state index in [-0.39, 0.29) is 5.92 Å². The van der Waals surface area contributed by atoms with Gasteiger partial charge in [-0.1, -0.05) is 31.0 Å². The fourth-order valence-electron chi connectivity index (χ4n) is 6.24. The first-order chi connectivity index (χ1) is 15.7. The van der Waals surface area contributed by atoms with Gasteiger partial charge in [-0.05, 0) is 82.0 Å². The average molecular weight is 441 g/mol. The molecule has 6 rings (SSSR count). The summed E-state index contributed by atoms with van der Waals surface area (Å²) in [5.41, 5.74) is 1.98. The Hall–Kier alpha value is -1.59. The largest absolute Gasteiger partial charge is 0.490 e. The molecule has 0 bridgehead atoms. The van der Waals surface area contributed by atoms with Gasteiger partial charge in [0.2, 0.25) is 5.91 Å². The predicted molar refractivity (Wildman–Crippen MR) is 126 cm³/mol.